The first-order valence-electron chi connectivity index (χ1n) is 16.3. The summed E-state index contributed by atoms with van der Waals surface area (Å²) in [7, 11) is 1.66. The van der Waals surface area contributed by atoms with E-state index in [9.17, 15) is 9.59 Å². The van der Waals surface area contributed by atoms with Crippen LogP contribution in [-0.4, -0.2) is 122 Å². The molecule has 47 heavy (non-hydrogen) atoms. The highest BCUT2D eigenvalue weighted by atomic mass is 16.6. The lowest BCUT2D eigenvalue weighted by molar-refractivity contribution is 0.0234. The number of hydrogen-bond acceptors (Lipinski definition) is 11. The molecule has 0 spiro atoms. The van der Waals surface area contributed by atoms with E-state index < -0.39 is 11.7 Å². The van der Waals surface area contributed by atoms with E-state index in [1.807, 2.05) is 51.1 Å². The average molecular weight is 650 g/mol. The van der Waals surface area contributed by atoms with Crippen LogP contribution in [0, 0.1) is 0 Å². The van der Waals surface area contributed by atoms with Crippen molar-refractivity contribution in [1.82, 2.24) is 25.2 Å². The van der Waals surface area contributed by atoms with Crippen molar-refractivity contribution in [3.05, 3.63) is 42.0 Å². The van der Waals surface area contributed by atoms with Gasteiger partial charge in [0, 0.05) is 44.4 Å². The molecule has 5 rings (SSSR count). The monoisotopic (exact) mass is 649 g/mol. The number of pyridine rings is 1. The van der Waals surface area contributed by atoms with Crippen molar-refractivity contribution < 1.29 is 28.5 Å². The molecule has 13 heteroatoms. The van der Waals surface area contributed by atoms with E-state index in [0.29, 0.717) is 82.1 Å². The lowest BCUT2D eigenvalue weighted by atomic mass is 10.1. The molecule has 13 nitrogen and oxygen atoms in total. The van der Waals surface area contributed by atoms with Crippen molar-refractivity contribution in [1.29, 1.82) is 0 Å². The first-order valence-corrected chi connectivity index (χ1v) is 16.3. The van der Waals surface area contributed by atoms with Gasteiger partial charge >= 0.3 is 6.09 Å². The number of morpholine rings is 2. The number of carbonyl (C=O) groups excluding carboxylic acids is 2. The highest BCUT2D eigenvalue weighted by molar-refractivity contribution is 5.96. The minimum atomic E-state index is -0.552. The maximum Gasteiger partial charge on any atom is 0.410 e. The standard InChI is InChI=1S/C34H47N7O6/c1-23-21-45-18-14-40(23)30-27-10-11-28(36-29(27)37-32(38-30)41-15-19-46-22-24(41)2)25-8-7-9-26(20-25)31(42)35-12-16-44-17-13-39(6)33(43)47-34(3,4)5/h7-11,20,23-24H,12-19,21-22H2,1-6H3,(H,35,42)/t23-,24-/m1/s1. The summed E-state index contributed by atoms with van der Waals surface area (Å²) in [5.41, 5.74) is 2.09. The number of aromatic nitrogens is 3. The van der Waals surface area contributed by atoms with Gasteiger partial charge in [0.2, 0.25) is 5.95 Å². The largest absolute Gasteiger partial charge is 0.444 e. The fraction of sp³-hybridized carbons (Fsp3) is 0.559. The van der Waals surface area contributed by atoms with Crippen LogP contribution in [0.25, 0.3) is 22.3 Å². The summed E-state index contributed by atoms with van der Waals surface area (Å²) in [6, 6.07) is 11.7. The fourth-order valence-corrected chi connectivity index (χ4v) is 5.45. The zero-order valence-electron chi connectivity index (χ0n) is 28.3. The van der Waals surface area contributed by atoms with Gasteiger partial charge in [0.1, 0.15) is 11.4 Å². The molecule has 2 atom stereocenters. The molecule has 0 radical (unpaired) electrons. The van der Waals surface area contributed by atoms with Crippen molar-refractivity contribution in [3.63, 3.8) is 0 Å². The summed E-state index contributed by atoms with van der Waals surface area (Å²) in [4.78, 5) is 46.0. The molecule has 2 aliphatic heterocycles. The van der Waals surface area contributed by atoms with Crippen LogP contribution in [0.15, 0.2) is 36.4 Å². The Kier molecular flexibility index (Phi) is 11.1. The second-order valence-corrected chi connectivity index (χ2v) is 13.0. The molecule has 3 aromatic rings. The third kappa shape index (κ3) is 8.85. The summed E-state index contributed by atoms with van der Waals surface area (Å²) < 4.78 is 22.3. The van der Waals surface area contributed by atoms with Crippen molar-refractivity contribution in [2.75, 3.05) is 82.7 Å². The first kappa shape index (κ1) is 34.3. The highest BCUT2D eigenvalue weighted by Gasteiger charge is 2.27. The van der Waals surface area contributed by atoms with Gasteiger partial charge in [-0.05, 0) is 58.9 Å². The second-order valence-electron chi connectivity index (χ2n) is 13.0. The highest BCUT2D eigenvalue weighted by Crippen LogP contribution is 2.31. The number of rotatable bonds is 10. The molecular weight excluding hydrogens is 602 g/mol. The number of nitrogens with zero attached hydrogens (tertiary/aromatic N) is 6. The number of amides is 2. The zero-order chi connectivity index (χ0) is 33.6. The van der Waals surface area contributed by atoms with Crippen molar-refractivity contribution in [2.45, 2.75) is 52.3 Å². The number of ether oxygens (including phenoxy) is 4. The van der Waals surface area contributed by atoms with Gasteiger partial charge in [-0.2, -0.15) is 9.97 Å². The van der Waals surface area contributed by atoms with Crippen LogP contribution in [0.5, 0.6) is 0 Å². The Morgan fingerprint density at radius 3 is 2.40 bits per heavy atom. The molecule has 4 heterocycles. The van der Waals surface area contributed by atoms with Gasteiger partial charge in [-0.1, -0.05) is 12.1 Å². The number of benzene rings is 1. The third-order valence-corrected chi connectivity index (χ3v) is 8.02. The van der Waals surface area contributed by atoms with Crippen molar-refractivity contribution >= 4 is 34.8 Å². The number of likely N-dealkylation sites (N-methyl/N-ethyl adjacent to an activating group) is 1. The van der Waals surface area contributed by atoms with E-state index in [4.69, 9.17) is 33.9 Å². The zero-order valence-corrected chi connectivity index (χ0v) is 28.3. The van der Waals surface area contributed by atoms with Gasteiger partial charge in [-0.15, -0.1) is 0 Å². The van der Waals surface area contributed by atoms with Gasteiger partial charge in [0.25, 0.3) is 5.91 Å². The van der Waals surface area contributed by atoms with Crippen LogP contribution in [-0.2, 0) is 18.9 Å². The average Bonchev–Trinajstić information content (AvgIpc) is 3.05. The number of fused-ring (bicyclic) bond motifs is 1. The Balaban J connectivity index is 1.26. The molecule has 2 fully saturated rings. The molecule has 0 bridgehead atoms. The van der Waals surface area contributed by atoms with E-state index in [2.05, 4.69) is 29.0 Å². The summed E-state index contributed by atoms with van der Waals surface area (Å²) in [5, 5.41) is 3.78. The minimum Gasteiger partial charge on any atom is -0.444 e. The maximum absolute atomic E-state index is 13.0. The normalized spacial score (nSPS) is 18.7. The second kappa shape index (κ2) is 15.2. The van der Waals surface area contributed by atoms with E-state index in [-0.39, 0.29) is 18.0 Å². The van der Waals surface area contributed by atoms with Gasteiger partial charge in [-0.3, -0.25) is 4.79 Å². The lowest BCUT2D eigenvalue weighted by Gasteiger charge is -2.37. The predicted molar refractivity (Wildman–Crippen MR) is 180 cm³/mol. The third-order valence-electron chi connectivity index (χ3n) is 8.02. The number of anilines is 2. The SMILES string of the molecule is C[C@@H]1COCCN1c1nc(N2CCOC[C@H]2C)c2ccc(-c3cccc(C(=O)NCCOCCN(C)C(=O)OC(C)(C)C)c3)nc2n1. The van der Waals surface area contributed by atoms with Crippen LogP contribution >= 0.6 is 0 Å². The molecule has 1 N–H and O–H groups in total. The van der Waals surface area contributed by atoms with Crippen LogP contribution in [0.2, 0.25) is 0 Å². The summed E-state index contributed by atoms with van der Waals surface area (Å²) in [5.74, 6) is 1.28. The molecule has 0 unspecified atom stereocenters. The molecule has 2 amide bonds. The van der Waals surface area contributed by atoms with Gasteiger partial charge < -0.3 is 39.0 Å². The van der Waals surface area contributed by atoms with E-state index in [0.717, 1.165) is 23.3 Å². The van der Waals surface area contributed by atoms with Gasteiger partial charge in [0.05, 0.1) is 62.8 Å². The lowest BCUT2D eigenvalue weighted by Crippen LogP contribution is -2.46. The first-order chi connectivity index (χ1) is 22.5. The molecule has 0 aliphatic carbocycles. The number of carbonyl (C=O) groups is 2. The Bertz CT molecular complexity index is 1550. The minimum absolute atomic E-state index is 0.138. The summed E-state index contributed by atoms with van der Waals surface area (Å²) in [6.45, 7) is 15.0. The topological polar surface area (TPSA) is 131 Å². The van der Waals surface area contributed by atoms with Gasteiger partial charge in [-0.25, -0.2) is 9.78 Å². The molecular formula is C34H47N7O6. The predicted octanol–water partition coefficient (Wildman–Crippen LogP) is 3.76. The van der Waals surface area contributed by atoms with Gasteiger partial charge in [0.15, 0.2) is 5.65 Å². The van der Waals surface area contributed by atoms with E-state index in [1.165, 1.54) is 4.90 Å². The van der Waals surface area contributed by atoms with Crippen LogP contribution < -0.4 is 15.1 Å². The quantitative estimate of drug-likeness (QED) is 0.322. The Morgan fingerprint density at radius 2 is 1.70 bits per heavy atom. The number of hydrogen-bond donors (Lipinski definition) is 1. The van der Waals surface area contributed by atoms with E-state index in [1.54, 1.807) is 13.1 Å². The molecule has 2 aromatic heterocycles. The molecule has 254 valence electrons. The molecule has 1 aromatic carbocycles. The Labute approximate surface area is 276 Å². The van der Waals surface area contributed by atoms with Crippen LogP contribution in [0.3, 0.4) is 0 Å². The molecule has 2 aliphatic rings. The Morgan fingerprint density at radius 1 is 0.979 bits per heavy atom. The molecule has 2 saturated heterocycles. The Hall–Kier alpha value is -4.07. The number of nitrogens with one attached hydrogen (secondary N) is 1. The van der Waals surface area contributed by atoms with Crippen molar-refractivity contribution in [2.24, 2.45) is 0 Å². The summed E-state index contributed by atoms with van der Waals surface area (Å²) >= 11 is 0. The van der Waals surface area contributed by atoms with E-state index >= 15 is 0 Å². The smallest absolute Gasteiger partial charge is 0.410 e. The van der Waals surface area contributed by atoms with Crippen LogP contribution in [0.1, 0.15) is 45.0 Å². The molecule has 0 saturated carbocycles. The fourth-order valence-electron chi connectivity index (χ4n) is 5.45. The summed E-state index contributed by atoms with van der Waals surface area (Å²) in [6.07, 6.45) is -0.401. The van der Waals surface area contributed by atoms with Crippen LogP contribution in [0.4, 0.5) is 16.6 Å². The maximum atomic E-state index is 13.0. The van der Waals surface area contributed by atoms with Crippen molar-refractivity contribution in [3.8, 4) is 11.3 Å².